The van der Waals surface area contributed by atoms with Crippen molar-refractivity contribution < 1.29 is 9.90 Å². The van der Waals surface area contributed by atoms with Crippen molar-refractivity contribution in [1.82, 2.24) is 14.7 Å². The highest BCUT2D eigenvalue weighted by Crippen LogP contribution is 2.07. The second kappa shape index (κ2) is 4.93. The first-order valence-electron chi connectivity index (χ1n) is 4.88. The minimum atomic E-state index is -0.759. The zero-order valence-electron chi connectivity index (χ0n) is 9.40. The average molecular weight is 211 g/mol. The number of aryl methyl sites for hydroxylation is 2. The van der Waals surface area contributed by atoms with E-state index in [-0.39, 0.29) is 6.42 Å². The lowest BCUT2D eigenvalue weighted by molar-refractivity contribution is -0.137. The van der Waals surface area contributed by atoms with Gasteiger partial charge >= 0.3 is 5.97 Å². The lowest BCUT2D eigenvalue weighted by atomic mass is 10.2. The van der Waals surface area contributed by atoms with Gasteiger partial charge in [0, 0.05) is 31.9 Å². The molecule has 1 aromatic heterocycles. The van der Waals surface area contributed by atoms with E-state index in [9.17, 15) is 4.79 Å². The summed E-state index contributed by atoms with van der Waals surface area (Å²) in [5.74, 6) is -0.759. The predicted octanol–water partition coefficient (Wildman–Crippen LogP) is 0.635. The summed E-state index contributed by atoms with van der Waals surface area (Å²) in [7, 11) is 3.79. The van der Waals surface area contributed by atoms with Gasteiger partial charge in [-0.05, 0) is 14.0 Å². The summed E-state index contributed by atoms with van der Waals surface area (Å²) in [4.78, 5) is 12.4. The molecule has 84 valence electrons. The van der Waals surface area contributed by atoms with Gasteiger partial charge in [-0.3, -0.25) is 9.48 Å². The number of carbonyl (C=O) groups is 1. The summed E-state index contributed by atoms with van der Waals surface area (Å²) >= 11 is 0. The lowest BCUT2D eigenvalue weighted by Crippen LogP contribution is -2.21. The summed E-state index contributed by atoms with van der Waals surface area (Å²) in [5.41, 5.74) is 2.14. The normalized spacial score (nSPS) is 10.9. The molecule has 5 nitrogen and oxygen atoms in total. The maximum Gasteiger partial charge on any atom is 0.304 e. The van der Waals surface area contributed by atoms with E-state index in [1.165, 1.54) is 0 Å². The Morgan fingerprint density at radius 3 is 2.80 bits per heavy atom. The Hall–Kier alpha value is -1.36. The number of aromatic nitrogens is 2. The molecule has 0 saturated carbocycles. The molecule has 0 saturated heterocycles. The molecule has 0 atom stereocenters. The second-order valence-corrected chi connectivity index (χ2v) is 3.79. The molecule has 0 aliphatic carbocycles. The van der Waals surface area contributed by atoms with Gasteiger partial charge in [0.1, 0.15) is 0 Å². The smallest absolute Gasteiger partial charge is 0.304 e. The van der Waals surface area contributed by atoms with Crippen molar-refractivity contribution >= 4 is 5.97 Å². The van der Waals surface area contributed by atoms with Gasteiger partial charge in [0.25, 0.3) is 0 Å². The fourth-order valence-electron chi connectivity index (χ4n) is 1.46. The van der Waals surface area contributed by atoms with Crippen LogP contribution in [0, 0.1) is 6.92 Å². The van der Waals surface area contributed by atoms with Crippen LogP contribution in [-0.2, 0) is 18.4 Å². The van der Waals surface area contributed by atoms with Crippen molar-refractivity contribution in [2.24, 2.45) is 7.05 Å². The molecule has 0 unspecified atom stereocenters. The molecule has 0 aromatic carbocycles. The second-order valence-electron chi connectivity index (χ2n) is 3.79. The van der Waals surface area contributed by atoms with Crippen molar-refractivity contribution in [1.29, 1.82) is 0 Å². The van der Waals surface area contributed by atoms with Crippen LogP contribution in [0.2, 0.25) is 0 Å². The molecule has 0 aliphatic rings. The van der Waals surface area contributed by atoms with E-state index in [0.717, 1.165) is 17.8 Å². The van der Waals surface area contributed by atoms with E-state index in [2.05, 4.69) is 5.10 Å². The number of hydrogen-bond acceptors (Lipinski definition) is 3. The van der Waals surface area contributed by atoms with Gasteiger partial charge in [0.05, 0.1) is 12.1 Å². The summed E-state index contributed by atoms with van der Waals surface area (Å²) in [6.45, 7) is 3.26. The Morgan fingerprint density at radius 1 is 1.67 bits per heavy atom. The van der Waals surface area contributed by atoms with Gasteiger partial charge < -0.3 is 10.0 Å². The van der Waals surface area contributed by atoms with Crippen molar-refractivity contribution in [3.05, 3.63) is 17.5 Å². The molecule has 5 heteroatoms. The van der Waals surface area contributed by atoms with Gasteiger partial charge in [-0.15, -0.1) is 0 Å². The molecule has 0 fully saturated rings. The molecule has 1 heterocycles. The zero-order valence-corrected chi connectivity index (χ0v) is 9.40. The molecule has 0 aliphatic heterocycles. The Bertz CT molecular complexity index is 346. The maximum atomic E-state index is 10.4. The van der Waals surface area contributed by atoms with Crippen LogP contribution >= 0.6 is 0 Å². The zero-order chi connectivity index (χ0) is 11.4. The van der Waals surface area contributed by atoms with Crippen LogP contribution in [-0.4, -0.2) is 39.3 Å². The van der Waals surface area contributed by atoms with Crippen LogP contribution in [0.4, 0.5) is 0 Å². The number of nitrogens with zero attached hydrogens (tertiary/aromatic N) is 3. The quantitative estimate of drug-likeness (QED) is 0.776. The molecule has 0 amide bonds. The fourth-order valence-corrected chi connectivity index (χ4v) is 1.46. The first-order valence-corrected chi connectivity index (χ1v) is 4.88. The highest BCUT2D eigenvalue weighted by Gasteiger charge is 2.07. The topological polar surface area (TPSA) is 58.4 Å². The third kappa shape index (κ3) is 3.71. The van der Waals surface area contributed by atoms with Gasteiger partial charge in [-0.25, -0.2) is 0 Å². The minimum Gasteiger partial charge on any atom is -0.481 e. The average Bonchev–Trinajstić information content (AvgIpc) is 2.42. The van der Waals surface area contributed by atoms with Crippen molar-refractivity contribution in [2.75, 3.05) is 13.6 Å². The van der Waals surface area contributed by atoms with Crippen LogP contribution < -0.4 is 0 Å². The van der Waals surface area contributed by atoms with Crippen LogP contribution in [0.5, 0.6) is 0 Å². The number of hydrogen-bond donors (Lipinski definition) is 1. The molecule has 0 radical (unpaired) electrons. The molecule has 1 rings (SSSR count). The molecular formula is C10H17N3O2. The molecule has 0 spiro atoms. The number of aliphatic carboxylic acids is 1. The monoisotopic (exact) mass is 211 g/mol. The third-order valence-corrected chi connectivity index (χ3v) is 2.26. The fraction of sp³-hybridized carbons (Fsp3) is 0.600. The van der Waals surface area contributed by atoms with E-state index in [1.54, 1.807) is 4.68 Å². The first kappa shape index (κ1) is 11.7. The standard InChI is InChI=1S/C10H17N3O2/c1-8-9(7-13(3)11-8)6-12(2)5-4-10(14)15/h7H,4-6H2,1-3H3,(H,14,15). The lowest BCUT2D eigenvalue weighted by Gasteiger charge is -2.14. The van der Waals surface area contributed by atoms with E-state index >= 15 is 0 Å². The Kier molecular flexibility index (Phi) is 3.85. The first-order chi connectivity index (χ1) is 6.99. The molecule has 0 bridgehead atoms. The Labute approximate surface area is 89.3 Å². The summed E-state index contributed by atoms with van der Waals surface area (Å²) in [6.07, 6.45) is 2.14. The van der Waals surface area contributed by atoms with Crippen molar-refractivity contribution in [2.45, 2.75) is 19.9 Å². The summed E-state index contributed by atoms with van der Waals surface area (Å²) in [5, 5.41) is 12.8. The van der Waals surface area contributed by atoms with Gasteiger partial charge in [0.15, 0.2) is 0 Å². The maximum absolute atomic E-state index is 10.4. The number of carboxylic acids is 1. The highest BCUT2D eigenvalue weighted by atomic mass is 16.4. The molecular weight excluding hydrogens is 194 g/mol. The Morgan fingerprint density at radius 2 is 2.33 bits per heavy atom. The van der Waals surface area contributed by atoms with E-state index < -0.39 is 5.97 Å². The van der Waals surface area contributed by atoms with Crippen LogP contribution in [0.25, 0.3) is 0 Å². The van der Waals surface area contributed by atoms with Crippen LogP contribution in [0.15, 0.2) is 6.20 Å². The molecule has 15 heavy (non-hydrogen) atoms. The Balaban J connectivity index is 2.47. The predicted molar refractivity (Wildman–Crippen MR) is 56.5 cm³/mol. The SMILES string of the molecule is Cc1nn(C)cc1CN(C)CCC(=O)O. The summed E-state index contributed by atoms with van der Waals surface area (Å²) in [6, 6.07) is 0. The third-order valence-electron chi connectivity index (χ3n) is 2.26. The van der Waals surface area contributed by atoms with E-state index in [0.29, 0.717) is 6.54 Å². The number of rotatable bonds is 5. The van der Waals surface area contributed by atoms with E-state index in [4.69, 9.17) is 5.11 Å². The van der Waals surface area contributed by atoms with Crippen LogP contribution in [0.1, 0.15) is 17.7 Å². The summed E-state index contributed by atoms with van der Waals surface area (Å²) < 4.78 is 1.77. The van der Waals surface area contributed by atoms with Gasteiger partial charge in [-0.1, -0.05) is 0 Å². The number of carboxylic acid groups (broad SMARTS) is 1. The van der Waals surface area contributed by atoms with Gasteiger partial charge in [-0.2, -0.15) is 5.10 Å². The minimum absolute atomic E-state index is 0.176. The van der Waals surface area contributed by atoms with Crippen molar-refractivity contribution in [3.63, 3.8) is 0 Å². The molecule has 1 aromatic rings. The van der Waals surface area contributed by atoms with E-state index in [1.807, 2.05) is 32.1 Å². The van der Waals surface area contributed by atoms with Crippen molar-refractivity contribution in [3.8, 4) is 0 Å². The van der Waals surface area contributed by atoms with Crippen LogP contribution in [0.3, 0.4) is 0 Å². The highest BCUT2D eigenvalue weighted by molar-refractivity contribution is 5.66. The molecule has 1 N–H and O–H groups in total. The largest absolute Gasteiger partial charge is 0.481 e. The van der Waals surface area contributed by atoms with Gasteiger partial charge in [0.2, 0.25) is 0 Å².